The molecule has 6 nitrogen and oxygen atoms in total. The number of nitrogens with zero attached hydrogens (tertiary/aromatic N) is 1. The SMILES string of the molecule is CCOc1ccc(-c2nc(-c3cccc(C(=O)OC)c3O)cs2)cc1OC. The fourth-order valence-electron chi connectivity index (χ4n) is 2.63. The first-order valence-corrected chi connectivity index (χ1v) is 9.14. The molecule has 2 aromatic carbocycles. The number of rotatable bonds is 6. The fourth-order valence-corrected chi connectivity index (χ4v) is 3.45. The predicted molar refractivity (Wildman–Crippen MR) is 104 cm³/mol. The van der Waals surface area contributed by atoms with Gasteiger partial charge in [0.05, 0.1) is 26.5 Å². The third kappa shape index (κ3) is 3.73. The van der Waals surface area contributed by atoms with Gasteiger partial charge in [0, 0.05) is 16.5 Å². The van der Waals surface area contributed by atoms with Crippen molar-refractivity contribution in [1.29, 1.82) is 0 Å². The molecule has 140 valence electrons. The van der Waals surface area contributed by atoms with Crippen LogP contribution in [-0.4, -0.2) is 36.9 Å². The smallest absolute Gasteiger partial charge is 0.341 e. The van der Waals surface area contributed by atoms with Crippen LogP contribution in [0, 0.1) is 0 Å². The van der Waals surface area contributed by atoms with Crippen molar-refractivity contribution in [3.05, 3.63) is 47.3 Å². The van der Waals surface area contributed by atoms with Crippen molar-refractivity contribution in [2.45, 2.75) is 6.92 Å². The van der Waals surface area contributed by atoms with E-state index in [2.05, 4.69) is 4.98 Å². The molecule has 3 rings (SSSR count). The van der Waals surface area contributed by atoms with Gasteiger partial charge in [-0.25, -0.2) is 9.78 Å². The number of aromatic hydroxyl groups is 1. The van der Waals surface area contributed by atoms with Gasteiger partial charge in [-0.05, 0) is 37.3 Å². The van der Waals surface area contributed by atoms with Crippen molar-refractivity contribution >= 4 is 17.3 Å². The topological polar surface area (TPSA) is 77.9 Å². The van der Waals surface area contributed by atoms with Gasteiger partial charge in [-0.3, -0.25) is 0 Å². The van der Waals surface area contributed by atoms with Crippen molar-refractivity contribution in [3.8, 4) is 39.1 Å². The first-order valence-electron chi connectivity index (χ1n) is 8.26. The first-order chi connectivity index (χ1) is 13.1. The Morgan fingerprint density at radius 3 is 2.70 bits per heavy atom. The number of carbonyl (C=O) groups excluding carboxylic acids is 1. The van der Waals surface area contributed by atoms with Gasteiger partial charge in [-0.1, -0.05) is 6.07 Å². The average molecular weight is 385 g/mol. The zero-order valence-corrected chi connectivity index (χ0v) is 16.0. The Morgan fingerprint density at radius 2 is 2.00 bits per heavy atom. The summed E-state index contributed by atoms with van der Waals surface area (Å²) in [5.41, 5.74) is 2.02. The molecule has 0 aliphatic rings. The first kappa shape index (κ1) is 18.7. The summed E-state index contributed by atoms with van der Waals surface area (Å²) in [5, 5.41) is 13.0. The Hall–Kier alpha value is -3.06. The molecule has 0 spiro atoms. The molecule has 3 aromatic rings. The molecule has 1 aromatic heterocycles. The van der Waals surface area contributed by atoms with E-state index in [4.69, 9.17) is 14.2 Å². The zero-order valence-electron chi connectivity index (χ0n) is 15.2. The number of hydrogen-bond donors (Lipinski definition) is 1. The summed E-state index contributed by atoms with van der Waals surface area (Å²) in [4.78, 5) is 16.4. The minimum atomic E-state index is -0.596. The lowest BCUT2D eigenvalue weighted by Gasteiger charge is -2.10. The Morgan fingerprint density at radius 1 is 1.19 bits per heavy atom. The fraction of sp³-hybridized carbons (Fsp3) is 0.200. The molecule has 0 atom stereocenters. The molecule has 0 radical (unpaired) electrons. The standard InChI is InChI=1S/C20H19NO5S/c1-4-26-16-9-8-12(10-17(16)24-2)19-21-15(11-27-19)13-6-5-7-14(18(13)22)20(23)25-3/h5-11,22H,4H2,1-3H3. The summed E-state index contributed by atoms with van der Waals surface area (Å²) in [7, 11) is 2.86. The third-order valence-electron chi connectivity index (χ3n) is 3.93. The Bertz CT molecular complexity index is 967. The third-order valence-corrected chi connectivity index (χ3v) is 4.82. The summed E-state index contributed by atoms with van der Waals surface area (Å²) in [6, 6.07) is 10.5. The molecular weight excluding hydrogens is 366 g/mol. The monoisotopic (exact) mass is 385 g/mol. The van der Waals surface area contributed by atoms with E-state index < -0.39 is 5.97 Å². The van der Waals surface area contributed by atoms with Crippen LogP contribution in [-0.2, 0) is 4.74 Å². The number of phenolic OH excluding ortho intramolecular Hbond substituents is 1. The normalized spacial score (nSPS) is 10.5. The highest BCUT2D eigenvalue weighted by Gasteiger charge is 2.18. The van der Waals surface area contributed by atoms with Gasteiger partial charge in [0.1, 0.15) is 16.3 Å². The molecule has 7 heteroatoms. The summed E-state index contributed by atoms with van der Waals surface area (Å²) in [6.07, 6.45) is 0. The highest BCUT2D eigenvalue weighted by atomic mass is 32.1. The van der Waals surface area contributed by atoms with Crippen molar-refractivity contribution < 1.29 is 24.1 Å². The molecule has 0 amide bonds. The number of thiazole rings is 1. The summed E-state index contributed by atoms with van der Waals surface area (Å²) < 4.78 is 15.6. The Kier molecular flexibility index (Phi) is 5.61. The van der Waals surface area contributed by atoms with Crippen LogP contribution in [0.25, 0.3) is 21.8 Å². The lowest BCUT2D eigenvalue weighted by molar-refractivity contribution is 0.0597. The van der Waals surface area contributed by atoms with Crippen LogP contribution in [0.4, 0.5) is 0 Å². The maximum atomic E-state index is 11.8. The molecule has 1 heterocycles. The number of benzene rings is 2. The van der Waals surface area contributed by atoms with Crippen LogP contribution >= 0.6 is 11.3 Å². The molecule has 0 aliphatic heterocycles. The van der Waals surface area contributed by atoms with Crippen LogP contribution in [0.2, 0.25) is 0 Å². The van der Waals surface area contributed by atoms with Crippen molar-refractivity contribution in [3.63, 3.8) is 0 Å². The summed E-state index contributed by atoms with van der Waals surface area (Å²) in [6.45, 7) is 2.46. The molecule has 0 saturated carbocycles. The van der Waals surface area contributed by atoms with Gasteiger partial charge in [-0.2, -0.15) is 0 Å². The van der Waals surface area contributed by atoms with Crippen LogP contribution in [0.3, 0.4) is 0 Å². The lowest BCUT2D eigenvalue weighted by atomic mass is 10.1. The molecule has 0 aliphatic carbocycles. The van der Waals surface area contributed by atoms with Crippen LogP contribution in [0.15, 0.2) is 41.8 Å². The number of ether oxygens (including phenoxy) is 3. The van der Waals surface area contributed by atoms with E-state index in [1.54, 1.807) is 19.2 Å². The molecule has 0 fully saturated rings. The van der Waals surface area contributed by atoms with E-state index >= 15 is 0 Å². The molecule has 0 saturated heterocycles. The second kappa shape index (κ2) is 8.09. The lowest BCUT2D eigenvalue weighted by Crippen LogP contribution is -2.01. The van der Waals surface area contributed by atoms with Crippen LogP contribution < -0.4 is 9.47 Å². The van der Waals surface area contributed by atoms with Crippen molar-refractivity contribution in [2.24, 2.45) is 0 Å². The van der Waals surface area contributed by atoms with Gasteiger partial charge < -0.3 is 19.3 Å². The van der Waals surface area contributed by atoms with Crippen LogP contribution in [0.5, 0.6) is 17.2 Å². The molecule has 27 heavy (non-hydrogen) atoms. The number of para-hydroxylation sites is 1. The van der Waals surface area contributed by atoms with E-state index in [0.29, 0.717) is 29.4 Å². The van der Waals surface area contributed by atoms with E-state index in [1.807, 2.05) is 30.5 Å². The number of esters is 1. The average Bonchev–Trinajstić information content (AvgIpc) is 3.18. The largest absolute Gasteiger partial charge is 0.506 e. The van der Waals surface area contributed by atoms with Crippen molar-refractivity contribution in [1.82, 2.24) is 4.98 Å². The predicted octanol–water partition coefficient (Wildman–Crippen LogP) is 4.38. The highest BCUT2D eigenvalue weighted by Crippen LogP contribution is 2.38. The summed E-state index contributed by atoms with van der Waals surface area (Å²) in [5.74, 6) is 0.553. The van der Waals surface area contributed by atoms with Gasteiger partial charge >= 0.3 is 5.97 Å². The Balaban J connectivity index is 1.97. The number of carbonyl (C=O) groups is 1. The van der Waals surface area contributed by atoms with Crippen molar-refractivity contribution in [2.75, 3.05) is 20.8 Å². The number of phenols is 1. The zero-order chi connectivity index (χ0) is 19.4. The minimum Gasteiger partial charge on any atom is -0.506 e. The van der Waals surface area contributed by atoms with Gasteiger partial charge in [-0.15, -0.1) is 11.3 Å². The highest BCUT2D eigenvalue weighted by molar-refractivity contribution is 7.13. The molecule has 0 bridgehead atoms. The number of methoxy groups -OCH3 is 2. The second-order valence-electron chi connectivity index (χ2n) is 5.53. The number of aromatic nitrogens is 1. The van der Waals surface area contributed by atoms with E-state index in [-0.39, 0.29) is 11.3 Å². The van der Waals surface area contributed by atoms with E-state index in [9.17, 15) is 9.90 Å². The molecular formula is C20H19NO5S. The second-order valence-corrected chi connectivity index (χ2v) is 6.39. The van der Waals surface area contributed by atoms with E-state index in [1.165, 1.54) is 24.5 Å². The minimum absolute atomic E-state index is 0.104. The van der Waals surface area contributed by atoms with E-state index in [0.717, 1.165) is 10.6 Å². The Labute approximate surface area is 161 Å². The van der Waals surface area contributed by atoms with Crippen LogP contribution in [0.1, 0.15) is 17.3 Å². The molecule has 1 N–H and O–H groups in total. The summed E-state index contributed by atoms with van der Waals surface area (Å²) >= 11 is 1.43. The maximum Gasteiger partial charge on any atom is 0.341 e. The quantitative estimate of drug-likeness (QED) is 0.635. The van der Waals surface area contributed by atoms with Gasteiger partial charge in [0.2, 0.25) is 0 Å². The number of hydrogen-bond acceptors (Lipinski definition) is 7. The molecule has 0 unspecified atom stereocenters. The van der Waals surface area contributed by atoms with Gasteiger partial charge in [0.25, 0.3) is 0 Å². The maximum absolute atomic E-state index is 11.8. The van der Waals surface area contributed by atoms with Gasteiger partial charge in [0.15, 0.2) is 11.5 Å².